The average molecular weight is 538 g/mol. The molecule has 5 rings (SSSR count). The van der Waals surface area contributed by atoms with Crippen LogP contribution in [-0.2, 0) is 17.9 Å². The van der Waals surface area contributed by atoms with E-state index < -0.39 is 10.8 Å². The third-order valence-electron chi connectivity index (χ3n) is 5.82. The maximum Gasteiger partial charge on any atom is 0.293 e. The average Bonchev–Trinajstić information content (AvgIpc) is 3.33. The molecule has 1 aliphatic rings. The molecule has 0 unspecified atom stereocenters. The zero-order chi connectivity index (χ0) is 25.4. The second-order valence-electron chi connectivity index (χ2n) is 8.16. The number of amides is 2. The van der Waals surface area contributed by atoms with E-state index in [4.69, 9.17) is 23.2 Å². The number of non-ortho nitro benzene ring substituents is 1. The van der Waals surface area contributed by atoms with Gasteiger partial charge in [0.05, 0.1) is 16.4 Å². The third kappa shape index (κ3) is 4.75. The number of para-hydroxylation sites is 1. The monoisotopic (exact) mass is 537 g/mol. The quantitative estimate of drug-likeness (QED) is 0.148. The van der Waals surface area contributed by atoms with Gasteiger partial charge in [-0.3, -0.25) is 24.6 Å². The van der Waals surface area contributed by atoms with E-state index >= 15 is 0 Å². The van der Waals surface area contributed by atoms with Gasteiger partial charge in [0.15, 0.2) is 0 Å². The summed E-state index contributed by atoms with van der Waals surface area (Å²) in [5, 5.41) is 12.5. The molecule has 0 bridgehead atoms. The van der Waals surface area contributed by atoms with Gasteiger partial charge in [0.2, 0.25) is 0 Å². The van der Waals surface area contributed by atoms with Crippen LogP contribution in [-0.4, -0.2) is 25.5 Å². The predicted molar refractivity (Wildman–Crippen MR) is 142 cm³/mol. The molecule has 2 amide bonds. The van der Waals surface area contributed by atoms with Crippen LogP contribution in [0.3, 0.4) is 0 Å². The van der Waals surface area contributed by atoms with Crippen LogP contribution in [0.15, 0.2) is 77.8 Å². The Balaban J connectivity index is 1.43. The Morgan fingerprint density at radius 1 is 0.972 bits per heavy atom. The lowest BCUT2D eigenvalue weighted by molar-refractivity contribution is -0.384. The Bertz CT molecular complexity index is 1560. The number of hydrogen-bond donors (Lipinski definition) is 0. The molecule has 1 aromatic heterocycles. The van der Waals surface area contributed by atoms with Crippen LogP contribution < -0.4 is 0 Å². The highest BCUT2D eigenvalue weighted by Gasteiger charge is 2.35. The van der Waals surface area contributed by atoms with Crippen molar-refractivity contribution in [2.24, 2.45) is 0 Å². The summed E-state index contributed by atoms with van der Waals surface area (Å²) in [7, 11) is 0. The smallest absolute Gasteiger partial charge is 0.293 e. The Labute approximate surface area is 220 Å². The molecule has 2 heterocycles. The lowest BCUT2D eigenvalue weighted by Gasteiger charge is -2.12. The fraction of sp³-hybridized carbons (Fsp3) is 0.0769. The summed E-state index contributed by atoms with van der Waals surface area (Å²) in [6.45, 7) is 0.544. The first-order valence-electron chi connectivity index (χ1n) is 10.8. The summed E-state index contributed by atoms with van der Waals surface area (Å²) in [5.74, 6) is -0.402. The molecule has 1 aliphatic heterocycles. The van der Waals surface area contributed by atoms with Crippen LogP contribution in [0.25, 0.3) is 17.0 Å². The standard InChI is InChI=1S/C26H17Cl2N3O4S/c27-19-8-7-17(22(28)12-19)14-29-15-18(21-3-1-2-4-23(21)29)11-24-25(32)30(26(33)36-24)13-16-5-9-20(10-6-16)31(34)35/h1-12,15H,13-14H2. The Morgan fingerprint density at radius 2 is 1.72 bits per heavy atom. The highest BCUT2D eigenvalue weighted by atomic mass is 35.5. The van der Waals surface area contributed by atoms with Crippen LogP contribution in [0, 0.1) is 10.1 Å². The first kappa shape index (κ1) is 24.1. The van der Waals surface area contributed by atoms with Gasteiger partial charge in [0.1, 0.15) is 0 Å². The van der Waals surface area contributed by atoms with Crippen LogP contribution in [0.1, 0.15) is 16.7 Å². The highest BCUT2D eigenvalue weighted by Crippen LogP contribution is 2.35. The van der Waals surface area contributed by atoms with Crippen molar-refractivity contribution in [3.05, 3.63) is 115 Å². The Hall–Kier alpha value is -3.59. The Morgan fingerprint density at radius 3 is 2.44 bits per heavy atom. The summed E-state index contributed by atoms with van der Waals surface area (Å²) < 4.78 is 2.04. The van der Waals surface area contributed by atoms with E-state index in [2.05, 4.69) is 0 Å². The molecule has 0 atom stereocenters. The molecule has 4 aromatic rings. The number of halogens is 2. The fourth-order valence-electron chi connectivity index (χ4n) is 4.04. The zero-order valence-corrected chi connectivity index (χ0v) is 20.9. The van der Waals surface area contributed by atoms with Crippen LogP contribution in [0.2, 0.25) is 10.0 Å². The molecule has 10 heteroatoms. The van der Waals surface area contributed by atoms with Crippen molar-refractivity contribution in [1.82, 2.24) is 9.47 Å². The normalized spacial score (nSPS) is 14.8. The number of imide groups is 1. The number of thioether (sulfide) groups is 1. The number of nitrogens with zero attached hydrogens (tertiary/aromatic N) is 3. The summed E-state index contributed by atoms with van der Waals surface area (Å²) >= 11 is 13.3. The van der Waals surface area contributed by atoms with Crippen molar-refractivity contribution in [3.63, 3.8) is 0 Å². The number of rotatable bonds is 6. The van der Waals surface area contributed by atoms with Gasteiger partial charge in [-0.05, 0) is 47.2 Å². The predicted octanol–water partition coefficient (Wildman–Crippen LogP) is 7.14. The topological polar surface area (TPSA) is 85.5 Å². The van der Waals surface area contributed by atoms with Gasteiger partial charge in [-0.2, -0.15) is 0 Å². The van der Waals surface area contributed by atoms with Crippen molar-refractivity contribution in [2.45, 2.75) is 13.1 Å². The lowest BCUT2D eigenvalue weighted by atomic mass is 10.1. The largest absolute Gasteiger partial charge is 0.342 e. The second-order valence-corrected chi connectivity index (χ2v) is 9.99. The third-order valence-corrected chi connectivity index (χ3v) is 7.32. The van der Waals surface area contributed by atoms with E-state index in [1.807, 2.05) is 41.1 Å². The van der Waals surface area contributed by atoms with E-state index in [9.17, 15) is 19.7 Å². The summed E-state index contributed by atoms with van der Waals surface area (Å²) in [6, 6.07) is 19.0. The number of nitro benzene ring substituents is 1. The number of fused-ring (bicyclic) bond motifs is 1. The minimum absolute atomic E-state index is 0.0385. The van der Waals surface area contributed by atoms with Gasteiger partial charge in [-0.1, -0.05) is 59.6 Å². The zero-order valence-electron chi connectivity index (χ0n) is 18.6. The molecule has 180 valence electrons. The maximum atomic E-state index is 13.1. The number of carbonyl (C=O) groups excluding carboxylic acids is 2. The molecule has 1 fully saturated rings. The molecule has 1 saturated heterocycles. The van der Waals surface area contributed by atoms with Crippen molar-refractivity contribution < 1.29 is 14.5 Å². The molecule has 3 aromatic carbocycles. The van der Waals surface area contributed by atoms with Gasteiger partial charge < -0.3 is 4.57 Å². The molecule has 0 spiro atoms. The summed E-state index contributed by atoms with van der Waals surface area (Å²) in [6.07, 6.45) is 3.66. The van der Waals surface area contributed by atoms with Crippen molar-refractivity contribution in [3.8, 4) is 0 Å². The number of benzene rings is 3. The van der Waals surface area contributed by atoms with Gasteiger partial charge in [0, 0.05) is 51.4 Å². The van der Waals surface area contributed by atoms with E-state index in [0.717, 1.165) is 38.7 Å². The Kier molecular flexibility index (Phi) is 6.57. The van der Waals surface area contributed by atoms with Gasteiger partial charge in [-0.15, -0.1) is 0 Å². The van der Waals surface area contributed by atoms with Crippen molar-refractivity contribution in [2.75, 3.05) is 0 Å². The van der Waals surface area contributed by atoms with E-state index in [-0.39, 0.29) is 17.5 Å². The minimum atomic E-state index is -0.496. The maximum absolute atomic E-state index is 13.1. The highest BCUT2D eigenvalue weighted by molar-refractivity contribution is 8.18. The van der Waals surface area contributed by atoms with E-state index in [0.29, 0.717) is 27.1 Å². The van der Waals surface area contributed by atoms with Crippen molar-refractivity contribution in [1.29, 1.82) is 0 Å². The van der Waals surface area contributed by atoms with E-state index in [1.165, 1.54) is 12.1 Å². The van der Waals surface area contributed by atoms with E-state index in [1.54, 1.807) is 30.3 Å². The fourth-order valence-corrected chi connectivity index (χ4v) is 5.34. The van der Waals surface area contributed by atoms with Gasteiger partial charge >= 0.3 is 0 Å². The minimum Gasteiger partial charge on any atom is -0.342 e. The molecule has 0 N–H and O–H groups in total. The molecule has 0 aliphatic carbocycles. The van der Waals surface area contributed by atoms with Crippen LogP contribution in [0.5, 0.6) is 0 Å². The first-order valence-corrected chi connectivity index (χ1v) is 12.4. The van der Waals surface area contributed by atoms with Crippen LogP contribution in [0.4, 0.5) is 10.5 Å². The van der Waals surface area contributed by atoms with Crippen molar-refractivity contribution >= 4 is 68.8 Å². The molecule has 0 saturated carbocycles. The molecular weight excluding hydrogens is 521 g/mol. The van der Waals surface area contributed by atoms with Gasteiger partial charge in [-0.25, -0.2) is 0 Å². The molecule has 7 nitrogen and oxygen atoms in total. The molecule has 0 radical (unpaired) electrons. The summed E-state index contributed by atoms with van der Waals surface area (Å²) in [4.78, 5) is 37.5. The van der Waals surface area contributed by atoms with Crippen LogP contribution >= 0.6 is 35.0 Å². The van der Waals surface area contributed by atoms with Gasteiger partial charge in [0.25, 0.3) is 16.8 Å². The number of carbonyl (C=O) groups is 2. The first-order chi connectivity index (χ1) is 17.3. The molecular formula is C26H17Cl2N3O4S. The second kappa shape index (κ2) is 9.81. The SMILES string of the molecule is O=C1SC(=Cc2cn(Cc3ccc(Cl)cc3Cl)c3ccccc23)C(=O)N1Cc1ccc([N+](=O)[O-])cc1. The molecule has 36 heavy (non-hydrogen) atoms. The number of hydrogen-bond acceptors (Lipinski definition) is 5. The summed E-state index contributed by atoms with van der Waals surface area (Å²) in [5.41, 5.74) is 3.23. The number of aromatic nitrogens is 1. The lowest BCUT2D eigenvalue weighted by Crippen LogP contribution is -2.27. The number of nitro groups is 1.